The van der Waals surface area contributed by atoms with E-state index in [2.05, 4.69) is 108 Å². The number of rotatable bonds is 5. The molecule has 2 N–H and O–H groups in total. The van der Waals surface area contributed by atoms with Crippen LogP contribution in [0.2, 0.25) is 0 Å². The summed E-state index contributed by atoms with van der Waals surface area (Å²) in [5.74, 6) is 2.57. The molecule has 6 atom stereocenters. The van der Waals surface area contributed by atoms with Gasteiger partial charge >= 0.3 is 0 Å². The van der Waals surface area contributed by atoms with Gasteiger partial charge < -0.3 is 14.5 Å². The molecule has 0 amide bonds. The van der Waals surface area contributed by atoms with Gasteiger partial charge in [0, 0.05) is 73.6 Å². The minimum atomic E-state index is 0.165. The molecule has 3 nitrogen and oxygen atoms in total. The highest BCUT2D eigenvalue weighted by Gasteiger charge is 2.56. The maximum absolute atomic E-state index is 4.42. The summed E-state index contributed by atoms with van der Waals surface area (Å²) in [7, 11) is 0. The zero-order chi connectivity index (χ0) is 46.6. The van der Waals surface area contributed by atoms with E-state index in [0.717, 1.165) is 6.42 Å². The predicted octanol–water partition coefficient (Wildman–Crippen LogP) is 19.3. The molecule has 6 aliphatic rings. The first-order valence-electron chi connectivity index (χ1n) is 29.7. The summed E-state index contributed by atoms with van der Waals surface area (Å²) >= 11 is 0. The van der Waals surface area contributed by atoms with Crippen LogP contribution in [0, 0.1) is 28.1 Å². The highest BCUT2D eigenvalue weighted by atomic mass is 15.1. The third-order valence-corrected chi connectivity index (χ3v) is 21.5. The minimum absolute atomic E-state index is 0.165. The Morgan fingerprint density at radius 1 is 0.449 bits per heavy atom. The maximum Gasteiger partial charge on any atom is 0.0488 e. The van der Waals surface area contributed by atoms with Crippen LogP contribution in [0.5, 0.6) is 0 Å². The van der Waals surface area contributed by atoms with E-state index in [1.165, 1.54) is 208 Å². The molecule has 0 saturated heterocycles. The molecule has 0 aliphatic heterocycles. The van der Waals surface area contributed by atoms with Gasteiger partial charge in [0.25, 0.3) is 0 Å². The fourth-order valence-electron chi connectivity index (χ4n) is 18.0. The van der Waals surface area contributed by atoms with E-state index in [4.69, 9.17) is 0 Å². The fraction of sp³-hybridized carbons (Fsp3) is 0.636. The van der Waals surface area contributed by atoms with Gasteiger partial charge in [-0.1, -0.05) is 191 Å². The average molecular weight is 924 g/mol. The average Bonchev–Trinajstić information content (AvgIpc) is 4.06. The fourth-order valence-corrected chi connectivity index (χ4v) is 18.0. The Bertz CT molecular complexity index is 2690. The van der Waals surface area contributed by atoms with Crippen molar-refractivity contribution in [1.82, 2.24) is 14.5 Å². The first-order chi connectivity index (χ1) is 33.9. The number of fused-ring (bicyclic) bond motifs is 9. The lowest BCUT2D eigenvalue weighted by molar-refractivity contribution is 0.0316. The molecule has 12 rings (SSSR count). The number of para-hydroxylation sites is 3. The van der Waals surface area contributed by atoms with Crippen LogP contribution in [0.3, 0.4) is 0 Å². The predicted molar refractivity (Wildman–Crippen MR) is 293 cm³/mol. The summed E-state index contributed by atoms with van der Waals surface area (Å²) in [4.78, 5) is 8.82. The van der Waals surface area contributed by atoms with Crippen LogP contribution in [-0.2, 0) is 19.3 Å². The van der Waals surface area contributed by atoms with Gasteiger partial charge in [-0.25, -0.2) is 0 Å². The van der Waals surface area contributed by atoms with Gasteiger partial charge in [0.15, 0.2) is 0 Å². The molecular formula is C66H89N3. The van der Waals surface area contributed by atoms with E-state index in [0.29, 0.717) is 46.5 Å². The van der Waals surface area contributed by atoms with Crippen molar-refractivity contribution < 1.29 is 0 Å². The first kappa shape index (κ1) is 46.4. The molecule has 3 aromatic heterocycles. The third-order valence-electron chi connectivity index (χ3n) is 21.5. The van der Waals surface area contributed by atoms with Gasteiger partial charge in [-0.2, -0.15) is 0 Å². The van der Waals surface area contributed by atoms with Crippen LogP contribution in [0.15, 0.2) is 72.8 Å². The van der Waals surface area contributed by atoms with E-state index < -0.39 is 0 Å². The van der Waals surface area contributed by atoms with Crippen molar-refractivity contribution in [1.29, 1.82) is 0 Å². The van der Waals surface area contributed by atoms with Crippen LogP contribution in [0.25, 0.3) is 32.7 Å². The molecule has 3 fully saturated rings. The SMILES string of the molecule is CC1(C2CCCc3c2n(C2C(C4c5[nH]c6ccccc6c5CCC4C4(C)CCCCCCC4)Cc4c([nH]c5ccccc45)C2C2(C)CCCCCCCCC2)c2ccccc32)CCCCCCCC1. The molecule has 6 aliphatic carbocycles. The van der Waals surface area contributed by atoms with Crippen molar-refractivity contribution in [3.8, 4) is 0 Å². The number of nitrogens with one attached hydrogen (secondary N) is 2. The van der Waals surface area contributed by atoms with Crippen LogP contribution in [0.4, 0.5) is 0 Å². The molecule has 3 aromatic carbocycles. The normalized spacial score (nSPS) is 29.1. The lowest BCUT2D eigenvalue weighted by Crippen LogP contribution is -2.48. The molecule has 6 unspecified atom stereocenters. The van der Waals surface area contributed by atoms with Gasteiger partial charge in [-0.3, -0.25) is 0 Å². The molecule has 6 aromatic rings. The van der Waals surface area contributed by atoms with Crippen LogP contribution in [-0.4, -0.2) is 14.5 Å². The highest BCUT2D eigenvalue weighted by molar-refractivity contribution is 5.88. The molecule has 0 bridgehead atoms. The van der Waals surface area contributed by atoms with Gasteiger partial charge in [-0.05, 0) is 140 Å². The number of benzene rings is 3. The van der Waals surface area contributed by atoms with Crippen molar-refractivity contribution in [3.05, 3.63) is 107 Å². The Kier molecular flexibility index (Phi) is 13.0. The molecule has 69 heavy (non-hydrogen) atoms. The number of nitrogens with zero attached hydrogens (tertiary/aromatic N) is 1. The molecular weight excluding hydrogens is 835 g/mol. The molecule has 3 saturated carbocycles. The Morgan fingerprint density at radius 2 is 0.942 bits per heavy atom. The van der Waals surface area contributed by atoms with E-state index in [1.54, 1.807) is 39.0 Å². The number of H-pyrrole nitrogens is 2. The monoisotopic (exact) mass is 924 g/mol. The van der Waals surface area contributed by atoms with Gasteiger partial charge in [0.1, 0.15) is 0 Å². The van der Waals surface area contributed by atoms with Crippen molar-refractivity contribution in [3.63, 3.8) is 0 Å². The van der Waals surface area contributed by atoms with E-state index >= 15 is 0 Å². The lowest BCUT2D eigenvalue weighted by atomic mass is 9.52. The first-order valence-corrected chi connectivity index (χ1v) is 29.7. The summed E-state index contributed by atoms with van der Waals surface area (Å²) in [6, 6.07) is 29.5. The van der Waals surface area contributed by atoms with Crippen molar-refractivity contribution in [2.24, 2.45) is 28.1 Å². The summed E-state index contributed by atoms with van der Waals surface area (Å²) in [5.41, 5.74) is 15.3. The Balaban J connectivity index is 1.16. The zero-order valence-electron chi connectivity index (χ0n) is 43.6. The van der Waals surface area contributed by atoms with E-state index in [1.807, 2.05) is 5.69 Å². The lowest BCUT2D eigenvalue weighted by Gasteiger charge is -2.55. The summed E-state index contributed by atoms with van der Waals surface area (Å²) in [5, 5.41) is 4.62. The van der Waals surface area contributed by atoms with Crippen molar-refractivity contribution in [2.75, 3.05) is 0 Å². The van der Waals surface area contributed by atoms with Crippen LogP contribution in [0.1, 0.15) is 252 Å². The molecule has 3 heteroatoms. The van der Waals surface area contributed by atoms with E-state index in [-0.39, 0.29) is 5.41 Å². The van der Waals surface area contributed by atoms with Crippen molar-refractivity contribution in [2.45, 2.75) is 237 Å². The van der Waals surface area contributed by atoms with Crippen molar-refractivity contribution >= 4 is 32.7 Å². The molecule has 0 spiro atoms. The molecule has 0 radical (unpaired) electrons. The van der Waals surface area contributed by atoms with Gasteiger partial charge in [-0.15, -0.1) is 0 Å². The second-order valence-corrected chi connectivity index (χ2v) is 25.7. The maximum atomic E-state index is 4.42. The topological polar surface area (TPSA) is 36.5 Å². The second kappa shape index (κ2) is 19.4. The number of hydrogen-bond acceptors (Lipinski definition) is 0. The second-order valence-electron chi connectivity index (χ2n) is 25.7. The highest BCUT2D eigenvalue weighted by Crippen LogP contribution is 2.65. The van der Waals surface area contributed by atoms with Crippen LogP contribution < -0.4 is 0 Å². The number of aromatic amines is 2. The summed E-state index contributed by atoms with van der Waals surface area (Å²) in [6.07, 6.45) is 41.2. The Morgan fingerprint density at radius 3 is 1.55 bits per heavy atom. The zero-order valence-corrected chi connectivity index (χ0v) is 43.6. The standard InChI is InChI=1S/C66H89N3/c1-64(39-22-14-9-15-23-40-64)53-38-37-49-46-29-16-19-34-55(46)67-60(49)58(53)52-45-51-47-30-17-20-35-56(47)68-61(51)59(66(3)43-26-12-5-4-6-13-27-44-66)63(52)69-57-36-21-18-31-48(57)50-32-28-33-54(62(50)69)65(2)41-24-10-7-8-11-25-42-65/h16-21,29-31,34-36,52-54,58-59,63,67-68H,4-15,22-28,32-33,37-45H2,1-3H3. The molecule has 3 heterocycles. The third kappa shape index (κ3) is 8.30. The molecule has 368 valence electrons. The minimum Gasteiger partial charge on any atom is -0.358 e. The van der Waals surface area contributed by atoms with Crippen LogP contribution >= 0.6 is 0 Å². The summed E-state index contributed by atoms with van der Waals surface area (Å²) < 4.78 is 3.27. The Hall–Kier alpha value is -3.72. The van der Waals surface area contributed by atoms with Gasteiger partial charge in [0.05, 0.1) is 0 Å². The Labute approximate surface area is 417 Å². The largest absolute Gasteiger partial charge is 0.358 e. The quantitative estimate of drug-likeness (QED) is 0.173. The number of hydrogen-bond donors (Lipinski definition) is 2. The number of aromatic nitrogens is 3. The van der Waals surface area contributed by atoms with E-state index in [9.17, 15) is 0 Å². The van der Waals surface area contributed by atoms with Gasteiger partial charge in [0.2, 0.25) is 0 Å². The smallest absolute Gasteiger partial charge is 0.0488 e. The number of aryl methyl sites for hydroxylation is 2. The summed E-state index contributed by atoms with van der Waals surface area (Å²) in [6.45, 7) is 8.47.